The Morgan fingerprint density at radius 2 is 2.11 bits per heavy atom. The van der Waals surface area contributed by atoms with Gasteiger partial charge in [-0.1, -0.05) is 0 Å². The molecule has 2 aliphatic heterocycles. The number of nitrogens with one attached hydrogen (secondary N) is 1. The molecular formula is C13H24FN3O2. The van der Waals surface area contributed by atoms with E-state index in [-0.39, 0.29) is 6.04 Å². The number of rotatable bonds is 3. The lowest BCUT2D eigenvalue weighted by molar-refractivity contribution is 0.0461. The van der Waals surface area contributed by atoms with Crippen LogP contribution in [-0.2, 0) is 0 Å². The number of halogens is 1. The summed E-state index contributed by atoms with van der Waals surface area (Å²) in [4.78, 5) is 14.6. The Kier molecular flexibility index (Phi) is 4.62. The van der Waals surface area contributed by atoms with Crippen LogP contribution in [0, 0.1) is 0 Å². The van der Waals surface area contributed by atoms with Crippen molar-refractivity contribution in [1.82, 2.24) is 15.1 Å². The van der Waals surface area contributed by atoms with Gasteiger partial charge in [0.05, 0.1) is 0 Å². The first-order valence-electron chi connectivity index (χ1n) is 7.12. The van der Waals surface area contributed by atoms with E-state index in [1.165, 1.54) is 4.90 Å². The average molecular weight is 273 g/mol. The largest absolute Gasteiger partial charge is 0.465 e. The summed E-state index contributed by atoms with van der Waals surface area (Å²) in [5.41, 5.74) is -1.03. The minimum absolute atomic E-state index is 0.176. The Bertz CT molecular complexity index is 321. The van der Waals surface area contributed by atoms with Gasteiger partial charge in [-0.15, -0.1) is 0 Å². The van der Waals surface area contributed by atoms with Crippen LogP contribution in [0.3, 0.4) is 0 Å². The number of nitrogens with zero attached hydrogens (tertiary/aromatic N) is 2. The molecule has 2 N–H and O–H groups in total. The summed E-state index contributed by atoms with van der Waals surface area (Å²) in [6, 6.07) is 0.176. The molecule has 19 heavy (non-hydrogen) atoms. The smallest absolute Gasteiger partial charge is 0.407 e. The van der Waals surface area contributed by atoms with Gasteiger partial charge in [-0.05, 0) is 39.3 Å². The fourth-order valence-corrected chi connectivity index (χ4v) is 2.97. The molecule has 0 saturated carbocycles. The molecule has 0 aromatic rings. The van der Waals surface area contributed by atoms with Crippen LogP contribution in [0.1, 0.15) is 26.2 Å². The second-order valence-corrected chi connectivity index (χ2v) is 5.76. The molecule has 2 fully saturated rings. The van der Waals surface area contributed by atoms with Gasteiger partial charge in [-0.3, -0.25) is 4.90 Å². The van der Waals surface area contributed by atoms with Gasteiger partial charge >= 0.3 is 6.09 Å². The summed E-state index contributed by atoms with van der Waals surface area (Å²) in [6.45, 7) is 6.03. The highest BCUT2D eigenvalue weighted by atomic mass is 19.1. The predicted molar refractivity (Wildman–Crippen MR) is 71.2 cm³/mol. The van der Waals surface area contributed by atoms with Crippen molar-refractivity contribution in [3.63, 3.8) is 0 Å². The second kappa shape index (κ2) is 6.05. The molecule has 0 aromatic heterocycles. The Balaban J connectivity index is 1.78. The number of alkyl halides is 1. The van der Waals surface area contributed by atoms with Gasteiger partial charge in [0.2, 0.25) is 0 Å². The summed E-state index contributed by atoms with van der Waals surface area (Å²) < 4.78 is 14.5. The van der Waals surface area contributed by atoms with Crippen LogP contribution < -0.4 is 5.32 Å². The molecule has 2 aliphatic rings. The third-order valence-electron chi connectivity index (χ3n) is 4.38. The van der Waals surface area contributed by atoms with Gasteiger partial charge in [-0.25, -0.2) is 9.18 Å². The fourth-order valence-electron chi connectivity index (χ4n) is 2.97. The summed E-state index contributed by atoms with van der Waals surface area (Å²) in [7, 11) is 0. The molecular weight excluding hydrogens is 249 g/mol. The van der Waals surface area contributed by atoms with Crippen LogP contribution in [-0.4, -0.2) is 72.0 Å². The Hall–Kier alpha value is -0.880. The number of carbonyl (C=O) groups is 1. The van der Waals surface area contributed by atoms with Crippen LogP contribution in [0.2, 0.25) is 0 Å². The van der Waals surface area contributed by atoms with E-state index < -0.39 is 11.8 Å². The first kappa shape index (κ1) is 14.5. The van der Waals surface area contributed by atoms with Gasteiger partial charge in [0.15, 0.2) is 0 Å². The highest BCUT2D eigenvalue weighted by molar-refractivity contribution is 5.65. The quantitative estimate of drug-likeness (QED) is 0.810. The first-order chi connectivity index (χ1) is 9.00. The van der Waals surface area contributed by atoms with Crippen molar-refractivity contribution >= 4 is 6.09 Å². The molecule has 6 heteroatoms. The Morgan fingerprint density at radius 1 is 1.42 bits per heavy atom. The first-order valence-corrected chi connectivity index (χ1v) is 7.12. The van der Waals surface area contributed by atoms with Crippen LogP contribution in [0.5, 0.6) is 0 Å². The number of piperidine rings is 1. The minimum atomic E-state index is -1.03. The predicted octanol–water partition coefficient (Wildman–Crippen LogP) is 1.15. The molecule has 0 radical (unpaired) electrons. The van der Waals surface area contributed by atoms with E-state index in [4.69, 9.17) is 5.11 Å². The summed E-state index contributed by atoms with van der Waals surface area (Å²) in [6.07, 6.45) is 0.894. The fraction of sp³-hybridized carbons (Fsp3) is 0.923. The van der Waals surface area contributed by atoms with Crippen molar-refractivity contribution in [3.8, 4) is 0 Å². The summed E-state index contributed by atoms with van der Waals surface area (Å²) in [5.74, 6) is 0. The van der Waals surface area contributed by atoms with Crippen molar-refractivity contribution in [2.45, 2.75) is 37.9 Å². The molecule has 110 valence electrons. The van der Waals surface area contributed by atoms with Crippen molar-refractivity contribution in [2.24, 2.45) is 0 Å². The van der Waals surface area contributed by atoms with Gasteiger partial charge in [0.1, 0.15) is 5.67 Å². The highest BCUT2D eigenvalue weighted by Crippen LogP contribution is 2.28. The Morgan fingerprint density at radius 3 is 2.68 bits per heavy atom. The molecule has 0 aliphatic carbocycles. The SMILES string of the molecule is C[C@H]1CN(C(=O)O)CCN1CCC1(F)CCNCC1. The molecule has 1 amide bonds. The molecule has 5 nitrogen and oxygen atoms in total. The van der Waals surface area contributed by atoms with Gasteiger partial charge in [0.25, 0.3) is 0 Å². The molecule has 2 rings (SSSR count). The average Bonchev–Trinajstić information content (AvgIpc) is 2.38. The van der Waals surface area contributed by atoms with E-state index >= 15 is 0 Å². The number of hydrogen-bond acceptors (Lipinski definition) is 3. The molecule has 2 heterocycles. The summed E-state index contributed by atoms with van der Waals surface area (Å²) in [5, 5.41) is 12.1. The van der Waals surface area contributed by atoms with E-state index in [1.54, 1.807) is 0 Å². The zero-order valence-corrected chi connectivity index (χ0v) is 11.6. The lowest BCUT2D eigenvalue weighted by atomic mass is 9.90. The van der Waals surface area contributed by atoms with Crippen molar-refractivity contribution in [1.29, 1.82) is 0 Å². The van der Waals surface area contributed by atoms with Crippen LogP contribution in [0.15, 0.2) is 0 Å². The zero-order valence-electron chi connectivity index (χ0n) is 11.6. The maximum atomic E-state index is 14.5. The van der Waals surface area contributed by atoms with Crippen molar-refractivity contribution in [3.05, 3.63) is 0 Å². The van der Waals surface area contributed by atoms with Crippen molar-refractivity contribution < 1.29 is 14.3 Å². The molecule has 0 aromatic carbocycles. The van der Waals surface area contributed by atoms with Gasteiger partial charge in [-0.2, -0.15) is 0 Å². The molecule has 1 atom stereocenters. The molecule has 0 spiro atoms. The number of amides is 1. The summed E-state index contributed by atoms with van der Waals surface area (Å²) >= 11 is 0. The second-order valence-electron chi connectivity index (χ2n) is 5.76. The van der Waals surface area contributed by atoms with E-state index in [9.17, 15) is 9.18 Å². The normalized spacial score (nSPS) is 28.3. The monoisotopic (exact) mass is 273 g/mol. The van der Waals surface area contributed by atoms with E-state index in [0.717, 1.165) is 19.6 Å². The van der Waals surface area contributed by atoms with Crippen LogP contribution in [0.4, 0.5) is 9.18 Å². The van der Waals surface area contributed by atoms with Crippen LogP contribution in [0.25, 0.3) is 0 Å². The van der Waals surface area contributed by atoms with Crippen molar-refractivity contribution in [2.75, 3.05) is 39.3 Å². The topological polar surface area (TPSA) is 55.8 Å². The third kappa shape index (κ3) is 3.79. The zero-order chi connectivity index (χ0) is 13.9. The lowest BCUT2D eigenvalue weighted by Crippen LogP contribution is -2.54. The maximum Gasteiger partial charge on any atom is 0.407 e. The number of carboxylic acid groups (broad SMARTS) is 1. The highest BCUT2D eigenvalue weighted by Gasteiger charge is 2.33. The number of piperazine rings is 1. The minimum Gasteiger partial charge on any atom is -0.465 e. The van der Waals surface area contributed by atoms with Gasteiger partial charge in [0, 0.05) is 32.2 Å². The number of hydrogen-bond donors (Lipinski definition) is 2. The third-order valence-corrected chi connectivity index (χ3v) is 4.38. The van der Waals surface area contributed by atoms with E-state index in [2.05, 4.69) is 10.2 Å². The van der Waals surface area contributed by atoms with Gasteiger partial charge < -0.3 is 15.3 Å². The molecule has 2 saturated heterocycles. The molecule has 0 bridgehead atoms. The standard InChI is InChI=1S/C13H24FN3O2/c1-11-10-17(12(18)19)9-8-16(11)7-4-13(14)2-5-15-6-3-13/h11,15H,2-10H2,1H3,(H,18,19)/t11-/m0/s1. The van der Waals surface area contributed by atoms with E-state index in [1.807, 2.05) is 6.92 Å². The van der Waals surface area contributed by atoms with Crippen LogP contribution >= 0.6 is 0 Å². The maximum absolute atomic E-state index is 14.5. The molecule has 0 unspecified atom stereocenters. The Labute approximate surface area is 113 Å². The van der Waals surface area contributed by atoms with E-state index in [0.29, 0.717) is 38.9 Å². The lowest BCUT2D eigenvalue weighted by Gasteiger charge is -2.40.